The fourth-order valence-corrected chi connectivity index (χ4v) is 3.86. The van der Waals surface area contributed by atoms with Crippen LogP contribution in [-0.2, 0) is 11.2 Å². The molecule has 2 atom stereocenters. The summed E-state index contributed by atoms with van der Waals surface area (Å²) in [5.41, 5.74) is 1.62. The summed E-state index contributed by atoms with van der Waals surface area (Å²) in [6.07, 6.45) is 5.70. The van der Waals surface area contributed by atoms with Gasteiger partial charge in [0.25, 0.3) is 0 Å². The van der Waals surface area contributed by atoms with Crippen LogP contribution in [0.3, 0.4) is 0 Å². The number of nitrogens with one attached hydrogen (secondary N) is 1. The summed E-state index contributed by atoms with van der Waals surface area (Å²) in [6.45, 7) is 1.85. The molecule has 0 aliphatic carbocycles. The Morgan fingerprint density at radius 2 is 2.10 bits per heavy atom. The van der Waals surface area contributed by atoms with Gasteiger partial charge < -0.3 is 14.7 Å². The van der Waals surface area contributed by atoms with E-state index in [-0.39, 0.29) is 5.91 Å². The first kappa shape index (κ1) is 14.9. The standard InChI is InChI=1S/C15H22ClN3O2/c1-9-13(15(16)21-18-9)5-6-14(20)19(2)12-7-10-3-4-11(8-12)17-10/h10-12,17H,3-8H2,1-2H3. The minimum atomic E-state index is 0.179. The van der Waals surface area contributed by atoms with Crippen molar-refractivity contribution in [1.82, 2.24) is 15.4 Å². The zero-order chi connectivity index (χ0) is 15.0. The second-order valence-corrected chi connectivity index (χ2v) is 6.63. The Hall–Kier alpha value is -1.07. The highest BCUT2D eigenvalue weighted by Gasteiger charge is 2.36. The third-order valence-corrected chi connectivity index (χ3v) is 5.21. The van der Waals surface area contributed by atoms with Gasteiger partial charge in [-0.2, -0.15) is 0 Å². The highest BCUT2D eigenvalue weighted by Crippen LogP contribution is 2.29. The predicted molar refractivity (Wildman–Crippen MR) is 80.3 cm³/mol. The first-order valence-corrected chi connectivity index (χ1v) is 8.04. The van der Waals surface area contributed by atoms with Crippen LogP contribution in [0.2, 0.25) is 5.22 Å². The van der Waals surface area contributed by atoms with Gasteiger partial charge in [0.15, 0.2) is 0 Å². The monoisotopic (exact) mass is 311 g/mol. The molecule has 0 radical (unpaired) electrons. The van der Waals surface area contributed by atoms with Crippen molar-refractivity contribution in [2.75, 3.05) is 7.05 Å². The van der Waals surface area contributed by atoms with Crippen LogP contribution in [-0.4, -0.2) is 41.1 Å². The number of hydrogen-bond donors (Lipinski definition) is 1. The predicted octanol–water partition coefficient (Wildman–Crippen LogP) is 2.31. The van der Waals surface area contributed by atoms with E-state index >= 15 is 0 Å². The van der Waals surface area contributed by atoms with Gasteiger partial charge in [0, 0.05) is 37.2 Å². The zero-order valence-electron chi connectivity index (χ0n) is 12.6. The molecule has 2 unspecified atom stereocenters. The summed E-state index contributed by atoms with van der Waals surface area (Å²) in [7, 11) is 1.93. The number of fused-ring (bicyclic) bond motifs is 2. The Balaban J connectivity index is 1.55. The number of carbonyl (C=O) groups is 1. The summed E-state index contributed by atoms with van der Waals surface area (Å²) in [6, 6.07) is 1.56. The van der Waals surface area contributed by atoms with Crippen LogP contribution in [0, 0.1) is 6.92 Å². The van der Waals surface area contributed by atoms with Gasteiger partial charge in [0.05, 0.1) is 5.69 Å². The van der Waals surface area contributed by atoms with Crippen molar-refractivity contribution in [2.24, 2.45) is 0 Å². The maximum absolute atomic E-state index is 12.4. The maximum atomic E-state index is 12.4. The second kappa shape index (κ2) is 5.97. The molecule has 0 spiro atoms. The van der Waals surface area contributed by atoms with Gasteiger partial charge >= 0.3 is 0 Å². The van der Waals surface area contributed by atoms with Crippen molar-refractivity contribution in [3.63, 3.8) is 0 Å². The molecule has 2 saturated heterocycles. The average Bonchev–Trinajstić information content (AvgIpc) is 2.98. The molecule has 1 N–H and O–H groups in total. The topological polar surface area (TPSA) is 58.4 Å². The number of aromatic nitrogens is 1. The van der Waals surface area contributed by atoms with Gasteiger partial charge in [-0.05, 0) is 50.6 Å². The molecular formula is C15H22ClN3O2. The van der Waals surface area contributed by atoms with Crippen molar-refractivity contribution in [3.05, 3.63) is 16.5 Å². The number of carbonyl (C=O) groups excluding carboxylic acids is 1. The first-order valence-electron chi connectivity index (χ1n) is 7.67. The molecule has 2 aliphatic rings. The molecule has 0 aromatic carbocycles. The molecule has 5 nitrogen and oxygen atoms in total. The molecule has 2 aliphatic heterocycles. The van der Waals surface area contributed by atoms with Crippen LogP contribution >= 0.6 is 11.6 Å². The third kappa shape index (κ3) is 3.09. The van der Waals surface area contributed by atoms with E-state index in [9.17, 15) is 4.79 Å². The van der Waals surface area contributed by atoms with Crippen LogP contribution < -0.4 is 5.32 Å². The van der Waals surface area contributed by atoms with E-state index < -0.39 is 0 Å². The van der Waals surface area contributed by atoms with E-state index in [0.29, 0.717) is 36.2 Å². The van der Waals surface area contributed by atoms with Crippen molar-refractivity contribution >= 4 is 17.5 Å². The molecule has 0 saturated carbocycles. The number of aryl methyl sites for hydroxylation is 1. The number of amides is 1. The number of piperidine rings is 1. The number of hydrogen-bond acceptors (Lipinski definition) is 4. The summed E-state index contributed by atoms with van der Waals surface area (Å²) in [4.78, 5) is 14.3. The summed E-state index contributed by atoms with van der Waals surface area (Å²) in [5.74, 6) is 0.179. The van der Waals surface area contributed by atoms with E-state index in [4.69, 9.17) is 16.1 Å². The van der Waals surface area contributed by atoms with E-state index in [1.165, 1.54) is 12.8 Å². The average molecular weight is 312 g/mol. The van der Waals surface area contributed by atoms with Crippen molar-refractivity contribution in [3.8, 4) is 0 Å². The molecule has 1 amide bonds. The molecule has 6 heteroatoms. The normalized spacial score (nSPS) is 27.9. The Morgan fingerprint density at radius 1 is 1.43 bits per heavy atom. The lowest BCUT2D eigenvalue weighted by molar-refractivity contribution is -0.132. The summed E-state index contributed by atoms with van der Waals surface area (Å²) >= 11 is 5.94. The first-order chi connectivity index (χ1) is 10.0. The van der Waals surface area contributed by atoms with E-state index in [1.807, 2.05) is 18.9 Å². The van der Waals surface area contributed by atoms with Gasteiger partial charge in [-0.3, -0.25) is 4.79 Å². The lowest BCUT2D eigenvalue weighted by atomic mass is 9.98. The molecule has 3 rings (SSSR count). The van der Waals surface area contributed by atoms with Crippen molar-refractivity contribution < 1.29 is 9.32 Å². The maximum Gasteiger partial charge on any atom is 0.229 e. The van der Waals surface area contributed by atoms with E-state index in [2.05, 4.69) is 10.5 Å². The van der Waals surface area contributed by atoms with Gasteiger partial charge in [0.1, 0.15) is 0 Å². The second-order valence-electron chi connectivity index (χ2n) is 6.29. The molecule has 3 heterocycles. The van der Waals surface area contributed by atoms with Crippen LogP contribution in [0.5, 0.6) is 0 Å². The fourth-order valence-electron chi connectivity index (χ4n) is 3.60. The lowest BCUT2D eigenvalue weighted by Crippen LogP contribution is -2.48. The Morgan fingerprint density at radius 3 is 2.67 bits per heavy atom. The molecule has 2 bridgehead atoms. The minimum Gasteiger partial charge on any atom is -0.344 e. The smallest absolute Gasteiger partial charge is 0.229 e. The van der Waals surface area contributed by atoms with Crippen LogP contribution in [0.4, 0.5) is 0 Å². The Bertz CT molecular complexity index is 499. The van der Waals surface area contributed by atoms with Crippen LogP contribution in [0.25, 0.3) is 0 Å². The highest BCUT2D eigenvalue weighted by molar-refractivity contribution is 6.29. The summed E-state index contributed by atoms with van der Waals surface area (Å²) < 4.78 is 4.92. The van der Waals surface area contributed by atoms with Crippen molar-refractivity contribution in [2.45, 2.75) is 63.6 Å². The Labute approximate surface area is 130 Å². The largest absolute Gasteiger partial charge is 0.344 e. The SMILES string of the molecule is Cc1noc(Cl)c1CCC(=O)N(C)C1CC2CCC(C1)N2. The molecule has 2 fully saturated rings. The third-order valence-electron chi connectivity index (χ3n) is 4.91. The summed E-state index contributed by atoms with van der Waals surface area (Å²) in [5, 5.41) is 7.73. The van der Waals surface area contributed by atoms with E-state index in [0.717, 1.165) is 24.1 Å². The zero-order valence-corrected chi connectivity index (χ0v) is 13.3. The number of nitrogens with zero attached hydrogens (tertiary/aromatic N) is 2. The number of rotatable bonds is 4. The minimum absolute atomic E-state index is 0.179. The fraction of sp³-hybridized carbons (Fsp3) is 0.733. The molecule has 1 aromatic heterocycles. The van der Waals surface area contributed by atoms with Crippen LogP contribution in [0.1, 0.15) is 43.4 Å². The highest BCUT2D eigenvalue weighted by atomic mass is 35.5. The van der Waals surface area contributed by atoms with E-state index in [1.54, 1.807) is 0 Å². The van der Waals surface area contributed by atoms with Crippen molar-refractivity contribution in [1.29, 1.82) is 0 Å². The number of halogens is 1. The molecule has 1 aromatic rings. The van der Waals surface area contributed by atoms with Crippen LogP contribution in [0.15, 0.2) is 4.52 Å². The van der Waals surface area contributed by atoms with Gasteiger partial charge in [-0.25, -0.2) is 0 Å². The quantitative estimate of drug-likeness (QED) is 0.927. The molecule has 21 heavy (non-hydrogen) atoms. The lowest BCUT2D eigenvalue weighted by Gasteiger charge is -2.35. The van der Waals surface area contributed by atoms with Gasteiger partial charge in [0.2, 0.25) is 11.1 Å². The molecule has 116 valence electrons. The van der Waals surface area contributed by atoms with Gasteiger partial charge in [-0.15, -0.1) is 0 Å². The Kier molecular flexibility index (Phi) is 4.22. The molecular weight excluding hydrogens is 290 g/mol. The van der Waals surface area contributed by atoms with Gasteiger partial charge in [-0.1, -0.05) is 5.16 Å².